The number of H-pyrrole nitrogens is 1. The molecule has 0 bridgehead atoms. The third kappa shape index (κ3) is 2.64. The molecule has 6 nitrogen and oxygen atoms in total. The topological polar surface area (TPSA) is 72.7 Å². The van der Waals surface area contributed by atoms with E-state index in [9.17, 15) is 9.59 Å². The number of hydrogen-bond acceptors (Lipinski definition) is 4. The summed E-state index contributed by atoms with van der Waals surface area (Å²) in [5, 5.41) is 1.39. The molecule has 0 aliphatic rings. The van der Waals surface area contributed by atoms with Crippen LogP contribution in [0.3, 0.4) is 0 Å². The lowest BCUT2D eigenvalue weighted by Crippen LogP contribution is -2.35. The lowest BCUT2D eigenvalue weighted by Gasteiger charge is -2.06. The molecule has 21 heavy (non-hydrogen) atoms. The van der Waals surface area contributed by atoms with E-state index < -0.39 is 0 Å². The molecule has 7 heteroatoms. The summed E-state index contributed by atoms with van der Waals surface area (Å²) in [4.78, 5) is 31.2. The van der Waals surface area contributed by atoms with Gasteiger partial charge >= 0.3 is 5.69 Å². The standard InChI is InChI=1S/C14H14N4O2S/c1-17-7-6-15-14(17)21-9-8-18-12(19)10-4-2-3-5-11(10)16-13(18)20/h2-7H,8-9H2,1H3,(H,16,20). The molecule has 0 fully saturated rings. The second-order valence-corrected chi connectivity index (χ2v) is 5.66. The van der Waals surface area contributed by atoms with Gasteiger partial charge in [-0.3, -0.25) is 9.36 Å². The van der Waals surface area contributed by atoms with E-state index in [0.29, 0.717) is 23.2 Å². The van der Waals surface area contributed by atoms with Gasteiger partial charge in [-0.15, -0.1) is 0 Å². The van der Waals surface area contributed by atoms with Gasteiger partial charge in [0.25, 0.3) is 5.56 Å². The first-order chi connectivity index (χ1) is 10.2. The number of aromatic nitrogens is 4. The average molecular weight is 302 g/mol. The molecular weight excluding hydrogens is 288 g/mol. The molecule has 0 amide bonds. The van der Waals surface area contributed by atoms with Crippen LogP contribution in [-0.2, 0) is 13.6 Å². The van der Waals surface area contributed by atoms with Crippen LogP contribution in [0.4, 0.5) is 0 Å². The second-order valence-electron chi connectivity index (χ2n) is 4.60. The minimum absolute atomic E-state index is 0.255. The minimum atomic E-state index is -0.376. The van der Waals surface area contributed by atoms with E-state index in [-0.39, 0.29) is 11.2 Å². The summed E-state index contributed by atoms with van der Waals surface area (Å²) in [6.07, 6.45) is 3.58. The van der Waals surface area contributed by atoms with Crippen LogP contribution in [0, 0.1) is 0 Å². The molecule has 2 aromatic heterocycles. The van der Waals surface area contributed by atoms with Gasteiger partial charge < -0.3 is 9.55 Å². The summed E-state index contributed by atoms with van der Waals surface area (Å²) in [5.41, 5.74) is -0.0607. The van der Waals surface area contributed by atoms with Gasteiger partial charge in [0.15, 0.2) is 5.16 Å². The van der Waals surface area contributed by atoms with E-state index in [2.05, 4.69) is 9.97 Å². The molecule has 0 atom stereocenters. The fraction of sp³-hybridized carbons (Fsp3) is 0.214. The number of nitrogens with one attached hydrogen (secondary N) is 1. The van der Waals surface area contributed by atoms with Crippen LogP contribution in [0.1, 0.15) is 0 Å². The Labute approximate surface area is 124 Å². The maximum Gasteiger partial charge on any atom is 0.328 e. The average Bonchev–Trinajstić information content (AvgIpc) is 2.88. The lowest BCUT2D eigenvalue weighted by atomic mass is 10.2. The van der Waals surface area contributed by atoms with Gasteiger partial charge in [-0.05, 0) is 12.1 Å². The molecule has 3 rings (SSSR count). The number of nitrogens with zero attached hydrogens (tertiary/aromatic N) is 3. The monoisotopic (exact) mass is 302 g/mol. The fourth-order valence-corrected chi connectivity index (χ4v) is 2.98. The molecule has 0 radical (unpaired) electrons. The Kier molecular flexibility index (Phi) is 3.66. The minimum Gasteiger partial charge on any atom is -0.329 e. The van der Waals surface area contributed by atoms with Crippen molar-refractivity contribution < 1.29 is 0 Å². The Morgan fingerprint density at radius 1 is 1.29 bits per heavy atom. The molecule has 2 heterocycles. The molecule has 0 saturated carbocycles. The van der Waals surface area contributed by atoms with Crippen molar-refractivity contribution in [2.24, 2.45) is 7.05 Å². The van der Waals surface area contributed by atoms with Gasteiger partial charge in [0.1, 0.15) is 0 Å². The number of para-hydroxylation sites is 1. The van der Waals surface area contributed by atoms with Crippen molar-refractivity contribution >= 4 is 22.7 Å². The van der Waals surface area contributed by atoms with Gasteiger partial charge in [0.05, 0.1) is 10.9 Å². The maximum absolute atomic E-state index is 12.3. The van der Waals surface area contributed by atoms with Crippen LogP contribution in [-0.4, -0.2) is 24.9 Å². The third-order valence-corrected chi connectivity index (χ3v) is 4.25. The summed E-state index contributed by atoms with van der Waals surface area (Å²) in [6.45, 7) is 0.344. The zero-order valence-corrected chi connectivity index (χ0v) is 12.3. The summed E-state index contributed by atoms with van der Waals surface area (Å²) < 4.78 is 3.14. The summed E-state index contributed by atoms with van der Waals surface area (Å²) in [5.74, 6) is 0.603. The van der Waals surface area contributed by atoms with E-state index in [1.165, 1.54) is 16.3 Å². The summed E-state index contributed by atoms with van der Waals surface area (Å²) in [7, 11) is 1.91. The van der Waals surface area contributed by atoms with Crippen LogP contribution < -0.4 is 11.2 Å². The lowest BCUT2D eigenvalue weighted by molar-refractivity contribution is 0.688. The van der Waals surface area contributed by atoms with E-state index in [1.807, 2.05) is 17.8 Å². The molecule has 0 saturated heterocycles. The van der Waals surface area contributed by atoms with E-state index in [1.54, 1.807) is 30.5 Å². The van der Waals surface area contributed by atoms with Crippen LogP contribution in [0.2, 0.25) is 0 Å². The quantitative estimate of drug-likeness (QED) is 0.735. The highest BCUT2D eigenvalue weighted by Gasteiger charge is 2.07. The second kappa shape index (κ2) is 5.61. The normalized spacial score (nSPS) is 11.1. The molecule has 1 aromatic carbocycles. The van der Waals surface area contributed by atoms with Crippen molar-refractivity contribution in [3.63, 3.8) is 0 Å². The van der Waals surface area contributed by atoms with Crippen LogP contribution >= 0.6 is 11.8 Å². The predicted octanol–water partition coefficient (Wildman–Crippen LogP) is 1.22. The number of rotatable bonds is 4. The highest BCUT2D eigenvalue weighted by Crippen LogP contribution is 2.14. The number of aryl methyl sites for hydroxylation is 1. The van der Waals surface area contributed by atoms with Crippen molar-refractivity contribution in [3.05, 3.63) is 57.5 Å². The van der Waals surface area contributed by atoms with Crippen molar-refractivity contribution in [2.45, 2.75) is 11.7 Å². The number of hydrogen-bond donors (Lipinski definition) is 1. The summed E-state index contributed by atoms with van der Waals surface area (Å²) in [6, 6.07) is 7.02. The van der Waals surface area contributed by atoms with Crippen LogP contribution in [0.25, 0.3) is 10.9 Å². The van der Waals surface area contributed by atoms with E-state index >= 15 is 0 Å². The Hall–Kier alpha value is -2.28. The fourth-order valence-electron chi connectivity index (χ4n) is 2.12. The van der Waals surface area contributed by atoms with Gasteiger partial charge in [-0.1, -0.05) is 23.9 Å². The van der Waals surface area contributed by atoms with Gasteiger partial charge in [0, 0.05) is 31.7 Å². The molecule has 108 valence electrons. The van der Waals surface area contributed by atoms with E-state index in [4.69, 9.17) is 0 Å². The van der Waals surface area contributed by atoms with Crippen molar-refractivity contribution in [2.75, 3.05) is 5.75 Å². The number of imidazole rings is 1. The van der Waals surface area contributed by atoms with Crippen LogP contribution in [0.15, 0.2) is 51.4 Å². The highest BCUT2D eigenvalue weighted by atomic mass is 32.2. The first-order valence-electron chi connectivity index (χ1n) is 6.49. The zero-order valence-electron chi connectivity index (χ0n) is 11.4. The van der Waals surface area contributed by atoms with Crippen LogP contribution in [0.5, 0.6) is 0 Å². The Bertz CT molecular complexity index is 894. The Morgan fingerprint density at radius 2 is 2.10 bits per heavy atom. The first-order valence-corrected chi connectivity index (χ1v) is 7.47. The largest absolute Gasteiger partial charge is 0.329 e. The highest BCUT2D eigenvalue weighted by molar-refractivity contribution is 7.99. The number of thioether (sulfide) groups is 1. The molecule has 1 N–H and O–H groups in total. The zero-order chi connectivity index (χ0) is 14.8. The SMILES string of the molecule is Cn1ccnc1SCCn1c(=O)[nH]c2ccccc2c1=O. The first kappa shape index (κ1) is 13.7. The predicted molar refractivity (Wildman–Crippen MR) is 82.8 cm³/mol. The maximum atomic E-state index is 12.3. The number of benzene rings is 1. The van der Waals surface area contributed by atoms with Gasteiger partial charge in [-0.2, -0.15) is 0 Å². The van der Waals surface area contributed by atoms with Crippen molar-refractivity contribution in [1.82, 2.24) is 19.1 Å². The molecule has 3 aromatic rings. The number of aromatic amines is 1. The molecule has 0 aliphatic carbocycles. The van der Waals surface area contributed by atoms with Crippen molar-refractivity contribution in [1.29, 1.82) is 0 Å². The smallest absolute Gasteiger partial charge is 0.328 e. The van der Waals surface area contributed by atoms with E-state index in [0.717, 1.165) is 5.16 Å². The third-order valence-electron chi connectivity index (χ3n) is 3.21. The Morgan fingerprint density at radius 3 is 2.86 bits per heavy atom. The van der Waals surface area contributed by atoms with Gasteiger partial charge in [-0.25, -0.2) is 9.78 Å². The molecule has 0 spiro atoms. The summed E-state index contributed by atoms with van der Waals surface area (Å²) >= 11 is 1.51. The van der Waals surface area contributed by atoms with Gasteiger partial charge in [0.2, 0.25) is 0 Å². The number of fused-ring (bicyclic) bond motifs is 1. The molecule has 0 aliphatic heterocycles. The van der Waals surface area contributed by atoms with Crippen molar-refractivity contribution in [3.8, 4) is 0 Å². The molecule has 0 unspecified atom stereocenters. The molecular formula is C14H14N4O2S. The Balaban J connectivity index is 1.86.